The molecule has 1 N–H and O–H groups in total. The zero-order valence-electron chi connectivity index (χ0n) is 17.5. The Kier molecular flexibility index (Phi) is 7.15. The SMILES string of the molecule is C=C1CCCC(C(=O)OCC)(C(O)(C#C[Si](C)(C)C)C#C[Si](C)(C)C)C1. The Morgan fingerprint density at radius 1 is 1.19 bits per heavy atom. The summed E-state index contributed by atoms with van der Waals surface area (Å²) < 4.78 is 5.39. The van der Waals surface area contributed by atoms with Crippen LogP contribution in [-0.2, 0) is 9.53 Å². The maximum absolute atomic E-state index is 13.0. The molecule has 1 atom stereocenters. The Balaban J connectivity index is 3.64. The molecule has 0 aromatic heterocycles. The van der Waals surface area contributed by atoms with Crippen molar-refractivity contribution in [3.63, 3.8) is 0 Å². The van der Waals surface area contributed by atoms with Crippen LogP contribution < -0.4 is 0 Å². The van der Waals surface area contributed by atoms with Gasteiger partial charge in [0.1, 0.15) is 21.6 Å². The largest absolute Gasteiger partial charge is 0.465 e. The van der Waals surface area contributed by atoms with Crippen LogP contribution in [-0.4, -0.2) is 39.4 Å². The van der Waals surface area contributed by atoms with Crippen LogP contribution in [0.4, 0.5) is 0 Å². The minimum atomic E-state index is -1.76. The fourth-order valence-electron chi connectivity index (χ4n) is 2.97. The lowest BCUT2D eigenvalue weighted by Gasteiger charge is -2.42. The van der Waals surface area contributed by atoms with Crippen molar-refractivity contribution in [3.05, 3.63) is 12.2 Å². The Hall–Kier alpha value is -1.28. The van der Waals surface area contributed by atoms with Gasteiger partial charge in [0.05, 0.1) is 6.61 Å². The van der Waals surface area contributed by atoms with Crippen molar-refractivity contribution in [2.45, 2.75) is 77.5 Å². The van der Waals surface area contributed by atoms with Gasteiger partial charge in [0, 0.05) is 0 Å². The van der Waals surface area contributed by atoms with Crippen LogP contribution >= 0.6 is 0 Å². The molecule has 1 unspecified atom stereocenters. The monoisotopic (exact) mass is 390 g/mol. The molecule has 0 heterocycles. The summed E-state index contributed by atoms with van der Waals surface area (Å²) in [5.41, 5.74) is 4.58. The molecular formula is C21H34O3Si2. The Morgan fingerprint density at radius 2 is 1.69 bits per heavy atom. The number of hydrogen-bond donors (Lipinski definition) is 1. The lowest BCUT2D eigenvalue weighted by Crippen LogP contribution is -2.54. The van der Waals surface area contributed by atoms with Gasteiger partial charge in [-0.25, -0.2) is 0 Å². The molecule has 0 radical (unpaired) electrons. The summed E-state index contributed by atoms with van der Waals surface area (Å²) in [4.78, 5) is 13.0. The molecule has 1 fully saturated rings. The molecule has 0 bridgehead atoms. The van der Waals surface area contributed by atoms with Gasteiger partial charge in [-0.1, -0.05) is 63.3 Å². The van der Waals surface area contributed by atoms with E-state index in [1.165, 1.54) is 0 Å². The highest BCUT2D eigenvalue weighted by atomic mass is 28.3. The van der Waals surface area contributed by atoms with E-state index in [0.717, 1.165) is 18.4 Å². The van der Waals surface area contributed by atoms with E-state index < -0.39 is 33.1 Å². The molecule has 1 saturated carbocycles. The van der Waals surface area contributed by atoms with Crippen molar-refractivity contribution < 1.29 is 14.6 Å². The van der Waals surface area contributed by atoms with Crippen LogP contribution in [0.2, 0.25) is 39.3 Å². The summed E-state index contributed by atoms with van der Waals surface area (Å²) in [7, 11) is -3.52. The van der Waals surface area contributed by atoms with Crippen molar-refractivity contribution in [1.29, 1.82) is 0 Å². The van der Waals surface area contributed by atoms with Crippen LogP contribution in [0.15, 0.2) is 12.2 Å². The highest BCUT2D eigenvalue weighted by molar-refractivity contribution is 6.84. The number of ether oxygens (including phenoxy) is 1. The number of esters is 1. The second kappa shape index (κ2) is 8.17. The normalized spacial score (nSPS) is 21.2. The Bertz CT molecular complexity index is 642. The van der Waals surface area contributed by atoms with E-state index in [9.17, 15) is 9.90 Å². The van der Waals surface area contributed by atoms with Crippen LogP contribution in [0.3, 0.4) is 0 Å². The number of hydrogen-bond acceptors (Lipinski definition) is 3. The zero-order valence-corrected chi connectivity index (χ0v) is 19.5. The predicted octanol–water partition coefficient (Wildman–Crippen LogP) is 4.16. The molecule has 3 nitrogen and oxygen atoms in total. The molecule has 0 aliphatic heterocycles. The third kappa shape index (κ3) is 5.88. The molecule has 0 aromatic rings. The number of carbonyl (C=O) groups is 1. The highest BCUT2D eigenvalue weighted by Gasteiger charge is 2.57. The summed E-state index contributed by atoms with van der Waals surface area (Å²) in [5, 5.41) is 11.7. The molecule has 0 saturated heterocycles. The fourth-order valence-corrected chi connectivity index (χ4v) is 4.08. The number of allylic oxidation sites excluding steroid dienone is 1. The first kappa shape index (κ1) is 22.8. The van der Waals surface area contributed by atoms with E-state index in [0.29, 0.717) is 12.8 Å². The van der Waals surface area contributed by atoms with Gasteiger partial charge in [-0.3, -0.25) is 4.79 Å². The summed E-state index contributed by atoms with van der Waals surface area (Å²) in [6, 6.07) is 0. The Morgan fingerprint density at radius 3 is 2.08 bits per heavy atom. The smallest absolute Gasteiger partial charge is 0.317 e. The van der Waals surface area contributed by atoms with Gasteiger partial charge in [-0.15, -0.1) is 11.1 Å². The van der Waals surface area contributed by atoms with E-state index in [1.54, 1.807) is 6.92 Å². The van der Waals surface area contributed by atoms with Gasteiger partial charge in [-0.05, 0) is 32.6 Å². The first-order chi connectivity index (χ1) is 11.7. The average Bonchev–Trinajstić information content (AvgIpc) is 2.49. The van der Waals surface area contributed by atoms with Crippen LogP contribution in [0.5, 0.6) is 0 Å². The summed E-state index contributed by atoms with van der Waals surface area (Å²) in [6.07, 6.45) is 2.54. The highest BCUT2D eigenvalue weighted by Crippen LogP contribution is 2.47. The first-order valence-electron chi connectivity index (χ1n) is 9.40. The van der Waals surface area contributed by atoms with Crippen molar-refractivity contribution in [1.82, 2.24) is 0 Å². The van der Waals surface area contributed by atoms with Gasteiger partial charge < -0.3 is 9.84 Å². The minimum absolute atomic E-state index is 0.270. The van der Waals surface area contributed by atoms with E-state index in [4.69, 9.17) is 4.74 Å². The maximum atomic E-state index is 13.0. The molecule has 1 aliphatic carbocycles. The molecule has 26 heavy (non-hydrogen) atoms. The molecular weight excluding hydrogens is 356 g/mol. The quantitative estimate of drug-likeness (QED) is 0.341. The summed E-state index contributed by atoms with van der Waals surface area (Å²) in [6.45, 7) is 18.8. The van der Waals surface area contributed by atoms with Crippen LogP contribution in [0, 0.1) is 28.3 Å². The topological polar surface area (TPSA) is 46.5 Å². The zero-order chi connectivity index (χ0) is 20.2. The minimum Gasteiger partial charge on any atom is -0.465 e. The average molecular weight is 391 g/mol. The van der Waals surface area contributed by atoms with E-state index in [-0.39, 0.29) is 6.61 Å². The summed E-state index contributed by atoms with van der Waals surface area (Å²) in [5.74, 6) is 5.70. The second-order valence-electron chi connectivity index (χ2n) is 9.29. The van der Waals surface area contributed by atoms with Crippen LogP contribution in [0.1, 0.15) is 32.6 Å². The van der Waals surface area contributed by atoms with Gasteiger partial charge in [-0.2, -0.15) is 0 Å². The van der Waals surface area contributed by atoms with E-state index in [1.807, 2.05) is 0 Å². The number of rotatable bonds is 3. The summed E-state index contributed by atoms with van der Waals surface area (Å²) >= 11 is 0. The van der Waals surface area contributed by atoms with Crippen LogP contribution in [0.25, 0.3) is 0 Å². The molecule has 0 aromatic carbocycles. The van der Waals surface area contributed by atoms with Gasteiger partial charge in [0.25, 0.3) is 0 Å². The van der Waals surface area contributed by atoms with Gasteiger partial charge >= 0.3 is 5.97 Å². The number of aliphatic hydroxyl groups is 1. The van der Waals surface area contributed by atoms with Gasteiger partial charge in [0.2, 0.25) is 5.60 Å². The standard InChI is InChI=1S/C21H34O3Si2/c1-9-24-19(22)20(12-10-11-18(2)17-20)21(23,13-15-25(3,4)5)14-16-26(6,7)8/h23H,2,9-12,17H2,1,3-8H3. The third-order valence-electron chi connectivity index (χ3n) is 4.28. The second-order valence-corrected chi connectivity index (χ2v) is 18.8. The maximum Gasteiger partial charge on any atom is 0.317 e. The number of carbonyl (C=O) groups excluding carboxylic acids is 1. The Labute approximate surface area is 161 Å². The van der Waals surface area contributed by atoms with Crippen molar-refractivity contribution >= 4 is 22.1 Å². The molecule has 0 amide bonds. The molecule has 5 heteroatoms. The molecule has 0 spiro atoms. The lowest BCUT2D eigenvalue weighted by molar-refractivity contribution is -0.166. The fraction of sp³-hybridized carbons (Fsp3) is 0.667. The van der Waals surface area contributed by atoms with Gasteiger partial charge in [0.15, 0.2) is 0 Å². The third-order valence-corrected chi connectivity index (χ3v) is 6.03. The van der Waals surface area contributed by atoms with Crippen molar-refractivity contribution in [3.8, 4) is 22.9 Å². The lowest BCUT2D eigenvalue weighted by atomic mass is 9.62. The molecule has 1 rings (SSSR count). The molecule has 1 aliphatic rings. The van der Waals surface area contributed by atoms with E-state index in [2.05, 4.69) is 68.8 Å². The van der Waals surface area contributed by atoms with Crippen molar-refractivity contribution in [2.75, 3.05) is 6.61 Å². The van der Waals surface area contributed by atoms with E-state index >= 15 is 0 Å². The molecule has 144 valence electrons. The van der Waals surface area contributed by atoms with Crippen molar-refractivity contribution in [2.24, 2.45) is 5.41 Å². The first-order valence-corrected chi connectivity index (χ1v) is 16.4. The predicted molar refractivity (Wildman–Crippen MR) is 114 cm³/mol.